The lowest BCUT2D eigenvalue weighted by Crippen LogP contribution is -2.09. The Balaban J connectivity index is 3.07. The molecular formula is C11H18N2O3. The summed E-state index contributed by atoms with van der Waals surface area (Å²) < 4.78 is 10.5. The normalized spacial score (nSPS) is 10.5. The van der Waals surface area contributed by atoms with Crippen LogP contribution in [0.1, 0.15) is 16.8 Å². The molecule has 0 aliphatic heterocycles. The largest absolute Gasteiger partial charge is 0.495 e. The first-order chi connectivity index (χ1) is 7.74. The zero-order chi connectivity index (χ0) is 12.0. The first kappa shape index (κ1) is 12.9. The van der Waals surface area contributed by atoms with Crippen LogP contribution < -0.4 is 10.6 Å². The van der Waals surface area contributed by atoms with Crippen molar-refractivity contribution >= 4 is 0 Å². The van der Waals surface area contributed by atoms with Gasteiger partial charge >= 0.3 is 0 Å². The lowest BCUT2D eigenvalue weighted by Gasteiger charge is -2.14. The number of hydrogen-bond donors (Lipinski definition) is 1. The number of pyridine rings is 1. The molecule has 0 saturated carbocycles. The van der Waals surface area contributed by atoms with E-state index < -0.39 is 0 Å². The summed E-state index contributed by atoms with van der Waals surface area (Å²) in [4.78, 5) is 8.86. The number of rotatable bonds is 6. The van der Waals surface area contributed by atoms with Crippen molar-refractivity contribution in [1.82, 2.24) is 4.98 Å². The van der Waals surface area contributed by atoms with Crippen molar-refractivity contribution in [2.45, 2.75) is 20.0 Å². The molecular weight excluding hydrogens is 208 g/mol. The third kappa shape index (κ3) is 2.91. The van der Waals surface area contributed by atoms with Gasteiger partial charge in [-0.25, -0.2) is 5.90 Å². The molecule has 1 aromatic rings. The SMILES string of the molecule is COCc1cnc(C)c(OC)c1CCON. The molecule has 5 nitrogen and oxygen atoms in total. The van der Waals surface area contributed by atoms with Gasteiger partial charge in [-0.2, -0.15) is 0 Å². The maximum atomic E-state index is 5.35. The Morgan fingerprint density at radius 3 is 2.69 bits per heavy atom. The predicted molar refractivity (Wildman–Crippen MR) is 60.1 cm³/mol. The second-order valence-corrected chi connectivity index (χ2v) is 3.43. The standard InChI is InChI=1S/C11H18N2O3/c1-8-11(15-3)10(4-5-16-12)9(6-13-8)7-14-2/h6H,4-5,7,12H2,1-3H3. The molecule has 5 heteroatoms. The van der Waals surface area contributed by atoms with Crippen molar-refractivity contribution in [3.63, 3.8) is 0 Å². The fraction of sp³-hybridized carbons (Fsp3) is 0.545. The Morgan fingerprint density at radius 2 is 2.12 bits per heavy atom. The van der Waals surface area contributed by atoms with Crippen LogP contribution in [-0.2, 0) is 22.6 Å². The highest BCUT2D eigenvalue weighted by Gasteiger charge is 2.12. The Hall–Kier alpha value is -1.17. The first-order valence-electron chi connectivity index (χ1n) is 5.06. The Kier molecular flexibility index (Phi) is 5.18. The molecule has 2 N–H and O–H groups in total. The van der Waals surface area contributed by atoms with Crippen LogP contribution in [0.25, 0.3) is 0 Å². The van der Waals surface area contributed by atoms with Crippen molar-refractivity contribution in [3.8, 4) is 5.75 Å². The molecule has 90 valence electrons. The highest BCUT2D eigenvalue weighted by molar-refractivity contribution is 5.41. The summed E-state index contributed by atoms with van der Waals surface area (Å²) in [5.74, 6) is 5.83. The summed E-state index contributed by atoms with van der Waals surface area (Å²) >= 11 is 0. The highest BCUT2D eigenvalue weighted by atomic mass is 16.6. The van der Waals surface area contributed by atoms with Gasteiger partial charge in [-0.1, -0.05) is 0 Å². The van der Waals surface area contributed by atoms with Gasteiger partial charge in [-0.15, -0.1) is 0 Å². The topological polar surface area (TPSA) is 66.6 Å². The maximum Gasteiger partial charge on any atom is 0.143 e. The number of methoxy groups -OCH3 is 2. The van der Waals surface area contributed by atoms with E-state index in [4.69, 9.17) is 15.4 Å². The number of hydrogen-bond acceptors (Lipinski definition) is 5. The fourth-order valence-corrected chi connectivity index (χ4v) is 1.66. The average Bonchev–Trinajstić information content (AvgIpc) is 2.29. The van der Waals surface area contributed by atoms with Crippen LogP contribution in [0.3, 0.4) is 0 Å². The van der Waals surface area contributed by atoms with Gasteiger partial charge in [0.05, 0.1) is 26.0 Å². The van der Waals surface area contributed by atoms with Gasteiger partial charge in [0.15, 0.2) is 0 Å². The van der Waals surface area contributed by atoms with E-state index in [1.165, 1.54) is 0 Å². The molecule has 16 heavy (non-hydrogen) atoms. The van der Waals surface area contributed by atoms with E-state index in [0.29, 0.717) is 19.6 Å². The Morgan fingerprint density at radius 1 is 1.38 bits per heavy atom. The van der Waals surface area contributed by atoms with E-state index in [2.05, 4.69) is 9.82 Å². The third-order valence-corrected chi connectivity index (χ3v) is 2.38. The summed E-state index contributed by atoms with van der Waals surface area (Å²) in [7, 11) is 3.28. The number of nitrogens with two attached hydrogens (primary N) is 1. The molecule has 0 saturated heterocycles. The zero-order valence-electron chi connectivity index (χ0n) is 9.95. The molecule has 1 heterocycles. The van der Waals surface area contributed by atoms with Crippen molar-refractivity contribution < 1.29 is 14.3 Å². The van der Waals surface area contributed by atoms with Crippen molar-refractivity contribution in [3.05, 3.63) is 23.0 Å². The van der Waals surface area contributed by atoms with Gasteiger partial charge in [0.25, 0.3) is 0 Å². The smallest absolute Gasteiger partial charge is 0.143 e. The minimum Gasteiger partial charge on any atom is -0.495 e. The molecule has 0 atom stereocenters. The van der Waals surface area contributed by atoms with Gasteiger partial charge in [-0.3, -0.25) is 4.98 Å². The number of nitrogens with zero attached hydrogens (tertiary/aromatic N) is 1. The van der Waals surface area contributed by atoms with Crippen LogP contribution in [0.2, 0.25) is 0 Å². The van der Waals surface area contributed by atoms with E-state index in [0.717, 1.165) is 22.6 Å². The van der Waals surface area contributed by atoms with Crippen LogP contribution in [-0.4, -0.2) is 25.8 Å². The van der Waals surface area contributed by atoms with E-state index >= 15 is 0 Å². The molecule has 0 radical (unpaired) electrons. The molecule has 0 aromatic carbocycles. The lowest BCUT2D eigenvalue weighted by atomic mass is 10.1. The predicted octanol–water partition coefficient (Wildman–Crippen LogP) is 0.978. The summed E-state index contributed by atoms with van der Waals surface area (Å²) in [6.45, 7) is 2.85. The molecule has 1 aromatic heterocycles. The van der Waals surface area contributed by atoms with Crippen LogP contribution in [0, 0.1) is 6.92 Å². The van der Waals surface area contributed by atoms with Crippen LogP contribution in [0.4, 0.5) is 0 Å². The van der Waals surface area contributed by atoms with Gasteiger partial charge in [0, 0.05) is 30.9 Å². The second-order valence-electron chi connectivity index (χ2n) is 3.43. The monoisotopic (exact) mass is 226 g/mol. The minimum absolute atomic E-state index is 0.441. The van der Waals surface area contributed by atoms with Crippen molar-refractivity contribution in [1.29, 1.82) is 0 Å². The molecule has 0 amide bonds. The molecule has 0 fully saturated rings. The van der Waals surface area contributed by atoms with Crippen LogP contribution >= 0.6 is 0 Å². The van der Waals surface area contributed by atoms with Crippen LogP contribution in [0.5, 0.6) is 5.75 Å². The highest BCUT2D eigenvalue weighted by Crippen LogP contribution is 2.25. The minimum atomic E-state index is 0.441. The molecule has 0 unspecified atom stereocenters. The maximum absolute atomic E-state index is 5.35. The summed E-state index contributed by atoms with van der Waals surface area (Å²) in [5.41, 5.74) is 2.90. The number of aryl methyl sites for hydroxylation is 1. The van der Waals surface area contributed by atoms with Gasteiger partial charge in [0.1, 0.15) is 5.75 Å². The first-order valence-corrected chi connectivity index (χ1v) is 5.06. The van der Waals surface area contributed by atoms with E-state index in [-0.39, 0.29) is 0 Å². The third-order valence-electron chi connectivity index (χ3n) is 2.38. The average molecular weight is 226 g/mol. The quantitative estimate of drug-likeness (QED) is 0.732. The lowest BCUT2D eigenvalue weighted by molar-refractivity contribution is 0.139. The van der Waals surface area contributed by atoms with Crippen molar-refractivity contribution in [2.75, 3.05) is 20.8 Å². The summed E-state index contributed by atoms with van der Waals surface area (Å²) in [6, 6.07) is 0. The Bertz CT molecular complexity index is 342. The molecule has 0 bridgehead atoms. The van der Waals surface area contributed by atoms with Gasteiger partial charge in [0.2, 0.25) is 0 Å². The molecule has 0 aliphatic rings. The van der Waals surface area contributed by atoms with Gasteiger partial charge in [-0.05, 0) is 6.92 Å². The number of aromatic nitrogens is 1. The summed E-state index contributed by atoms with van der Waals surface area (Å²) in [6.07, 6.45) is 2.48. The number of ether oxygens (including phenoxy) is 2. The van der Waals surface area contributed by atoms with E-state index in [1.807, 2.05) is 6.92 Å². The van der Waals surface area contributed by atoms with Crippen LogP contribution in [0.15, 0.2) is 6.20 Å². The molecule has 0 spiro atoms. The van der Waals surface area contributed by atoms with Crippen molar-refractivity contribution in [2.24, 2.45) is 5.90 Å². The summed E-state index contributed by atoms with van der Waals surface area (Å²) in [5, 5.41) is 0. The van der Waals surface area contributed by atoms with E-state index in [9.17, 15) is 0 Å². The zero-order valence-corrected chi connectivity index (χ0v) is 9.95. The Labute approximate surface area is 95.5 Å². The second kappa shape index (κ2) is 6.42. The van der Waals surface area contributed by atoms with E-state index in [1.54, 1.807) is 20.4 Å². The van der Waals surface area contributed by atoms with Gasteiger partial charge < -0.3 is 14.3 Å². The molecule has 1 rings (SSSR count). The fourth-order valence-electron chi connectivity index (χ4n) is 1.66. The molecule has 0 aliphatic carbocycles.